The number of hydrogen-bond donors (Lipinski definition) is 2. The minimum Gasteiger partial charge on any atom is -0.464 e. The molecular formula is C10H17ClN4O2S. The summed E-state index contributed by atoms with van der Waals surface area (Å²) in [6.07, 6.45) is 1.94. The van der Waals surface area contributed by atoms with Gasteiger partial charge in [-0.25, -0.2) is 0 Å². The molecule has 0 saturated heterocycles. The number of hydrogen-bond acceptors (Lipinski definition) is 7. The Labute approximate surface area is 116 Å². The molecule has 6 nitrogen and oxygen atoms in total. The van der Waals surface area contributed by atoms with Gasteiger partial charge in [0, 0.05) is 11.3 Å². The van der Waals surface area contributed by atoms with Gasteiger partial charge in [-0.05, 0) is 31.7 Å². The second-order valence-corrected chi connectivity index (χ2v) is 4.95. The summed E-state index contributed by atoms with van der Waals surface area (Å²) in [6.45, 7) is 4.31. The first-order valence-electron chi connectivity index (χ1n) is 5.55. The molecule has 0 saturated carbocycles. The molecule has 0 amide bonds. The molecule has 1 aromatic heterocycles. The number of aromatic nitrogens is 3. The maximum Gasteiger partial charge on any atom is 0.322 e. The second-order valence-electron chi connectivity index (χ2n) is 3.53. The van der Waals surface area contributed by atoms with Crippen molar-refractivity contribution in [2.24, 2.45) is 0 Å². The molecule has 0 radical (unpaired) electrons. The molecule has 0 aliphatic rings. The van der Waals surface area contributed by atoms with Crippen molar-refractivity contribution in [2.75, 3.05) is 24.8 Å². The third kappa shape index (κ3) is 4.47. The van der Waals surface area contributed by atoms with E-state index in [0.29, 0.717) is 12.6 Å². The van der Waals surface area contributed by atoms with Crippen LogP contribution in [0.25, 0.3) is 0 Å². The minimum absolute atomic E-state index is 0.00190. The maximum atomic E-state index is 9.20. The van der Waals surface area contributed by atoms with Crippen molar-refractivity contribution in [1.82, 2.24) is 15.0 Å². The Kier molecular flexibility index (Phi) is 6.45. The molecule has 1 heterocycles. The number of rotatable bonds is 7. The molecule has 0 bridgehead atoms. The average Bonchev–Trinajstić information content (AvgIpc) is 2.30. The van der Waals surface area contributed by atoms with Crippen LogP contribution in [0.1, 0.15) is 13.8 Å². The van der Waals surface area contributed by atoms with Crippen molar-refractivity contribution in [3.05, 3.63) is 5.28 Å². The number of thioether (sulfide) groups is 1. The summed E-state index contributed by atoms with van der Waals surface area (Å²) < 4.78 is 5.18. The Morgan fingerprint density at radius 3 is 2.72 bits per heavy atom. The lowest BCUT2D eigenvalue weighted by Gasteiger charge is -2.21. The highest BCUT2D eigenvalue weighted by Gasteiger charge is 2.17. The van der Waals surface area contributed by atoms with Crippen molar-refractivity contribution in [3.63, 3.8) is 0 Å². The number of anilines is 1. The van der Waals surface area contributed by atoms with E-state index in [1.54, 1.807) is 11.8 Å². The van der Waals surface area contributed by atoms with E-state index in [0.717, 1.165) is 0 Å². The number of aliphatic hydroxyl groups excluding tert-OH is 1. The normalized spacial score (nSPS) is 14.1. The van der Waals surface area contributed by atoms with Crippen LogP contribution in [-0.4, -0.2) is 50.8 Å². The lowest BCUT2D eigenvalue weighted by molar-refractivity contribution is 0.288. The van der Waals surface area contributed by atoms with Gasteiger partial charge in [0.15, 0.2) is 0 Å². The Hall–Kier alpha value is -0.790. The van der Waals surface area contributed by atoms with Gasteiger partial charge < -0.3 is 15.2 Å². The second kappa shape index (κ2) is 7.60. The van der Waals surface area contributed by atoms with Crippen LogP contribution in [-0.2, 0) is 0 Å². The van der Waals surface area contributed by atoms with Crippen LogP contribution in [0.4, 0.5) is 5.95 Å². The van der Waals surface area contributed by atoms with Gasteiger partial charge >= 0.3 is 6.01 Å². The molecule has 2 unspecified atom stereocenters. The van der Waals surface area contributed by atoms with Crippen LogP contribution in [0.2, 0.25) is 5.28 Å². The quantitative estimate of drug-likeness (QED) is 0.787. The van der Waals surface area contributed by atoms with E-state index in [4.69, 9.17) is 16.3 Å². The number of halogens is 1. The summed E-state index contributed by atoms with van der Waals surface area (Å²) in [5.41, 5.74) is 0. The molecule has 8 heteroatoms. The molecule has 1 rings (SSSR count). The van der Waals surface area contributed by atoms with Gasteiger partial charge in [0.25, 0.3) is 0 Å². The van der Waals surface area contributed by atoms with Crippen molar-refractivity contribution < 1.29 is 9.84 Å². The van der Waals surface area contributed by atoms with Crippen LogP contribution in [0, 0.1) is 0 Å². The van der Waals surface area contributed by atoms with Gasteiger partial charge in [-0.3, -0.25) is 0 Å². The Balaban J connectivity index is 2.77. The summed E-state index contributed by atoms with van der Waals surface area (Å²) >= 11 is 7.35. The molecule has 0 aliphatic heterocycles. The molecule has 102 valence electrons. The van der Waals surface area contributed by atoms with E-state index in [2.05, 4.69) is 20.3 Å². The van der Waals surface area contributed by atoms with Gasteiger partial charge in [0.05, 0.1) is 13.2 Å². The molecule has 2 atom stereocenters. The average molecular weight is 293 g/mol. The fourth-order valence-electron chi connectivity index (χ4n) is 1.32. The first kappa shape index (κ1) is 15.3. The van der Waals surface area contributed by atoms with Gasteiger partial charge in [-0.15, -0.1) is 0 Å². The van der Waals surface area contributed by atoms with Crippen molar-refractivity contribution >= 4 is 29.3 Å². The topological polar surface area (TPSA) is 80.2 Å². The number of nitrogens with zero attached hydrogens (tertiary/aromatic N) is 3. The number of nitrogens with one attached hydrogen (secondary N) is 1. The summed E-state index contributed by atoms with van der Waals surface area (Å²) in [5, 5.41) is 12.4. The Bertz CT molecular complexity index is 379. The lowest BCUT2D eigenvalue weighted by Crippen LogP contribution is -2.31. The molecular weight excluding hydrogens is 276 g/mol. The van der Waals surface area contributed by atoms with Crippen LogP contribution in [0.15, 0.2) is 0 Å². The first-order chi connectivity index (χ1) is 8.60. The SMILES string of the molecule is CCOc1nc(Cl)nc(NC(C)C(CO)SC)n1. The molecule has 0 aliphatic carbocycles. The Morgan fingerprint density at radius 1 is 1.44 bits per heavy atom. The molecule has 1 aromatic rings. The Morgan fingerprint density at radius 2 is 2.17 bits per heavy atom. The number of ether oxygens (including phenoxy) is 1. The van der Waals surface area contributed by atoms with E-state index in [1.807, 2.05) is 20.1 Å². The zero-order chi connectivity index (χ0) is 13.5. The van der Waals surface area contributed by atoms with Crippen LogP contribution in [0.5, 0.6) is 6.01 Å². The zero-order valence-corrected chi connectivity index (χ0v) is 12.1. The molecule has 0 spiro atoms. The highest BCUT2D eigenvalue weighted by atomic mass is 35.5. The standard InChI is InChI=1S/C10H17ClN4O2S/c1-4-17-10-14-8(11)13-9(15-10)12-6(2)7(5-16)18-3/h6-7,16H,4-5H2,1-3H3,(H,12,13,14,15). The summed E-state index contributed by atoms with van der Waals surface area (Å²) in [7, 11) is 0. The third-order valence-electron chi connectivity index (χ3n) is 2.26. The molecule has 18 heavy (non-hydrogen) atoms. The highest BCUT2D eigenvalue weighted by Crippen LogP contribution is 2.16. The predicted octanol–water partition coefficient (Wildman–Crippen LogP) is 1.45. The zero-order valence-electron chi connectivity index (χ0n) is 10.6. The molecule has 0 fully saturated rings. The van der Waals surface area contributed by atoms with Gasteiger partial charge in [0.1, 0.15) is 0 Å². The predicted molar refractivity (Wildman–Crippen MR) is 73.5 cm³/mol. The maximum absolute atomic E-state index is 9.20. The third-order valence-corrected chi connectivity index (χ3v) is 3.59. The van der Waals surface area contributed by atoms with E-state index >= 15 is 0 Å². The van der Waals surface area contributed by atoms with Gasteiger partial charge in [-0.1, -0.05) is 0 Å². The summed E-state index contributed by atoms with van der Waals surface area (Å²) in [5.74, 6) is 0.346. The van der Waals surface area contributed by atoms with Crippen LogP contribution < -0.4 is 10.1 Å². The summed E-state index contributed by atoms with van der Waals surface area (Å²) in [6, 6.07) is 0.190. The van der Waals surface area contributed by atoms with Crippen LogP contribution in [0.3, 0.4) is 0 Å². The number of aliphatic hydroxyl groups is 1. The van der Waals surface area contributed by atoms with E-state index in [9.17, 15) is 5.11 Å². The van der Waals surface area contributed by atoms with E-state index in [1.165, 1.54) is 0 Å². The fraction of sp³-hybridized carbons (Fsp3) is 0.700. The van der Waals surface area contributed by atoms with Gasteiger partial charge in [-0.2, -0.15) is 26.7 Å². The minimum atomic E-state index is -0.00190. The van der Waals surface area contributed by atoms with Crippen molar-refractivity contribution in [3.8, 4) is 6.01 Å². The van der Waals surface area contributed by atoms with Crippen LogP contribution >= 0.6 is 23.4 Å². The first-order valence-corrected chi connectivity index (χ1v) is 7.21. The molecule has 2 N–H and O–H groups in total. The largest absolute Gasteiger partial charge is 0.464 e. The monoisotopic (exact) mass is 292 g/mol. The van der Waals surface area contributed by atoms with E-state index < -0.39 is 0 Å². The molecule has 0 aromatic carbocycles. The van der Waals surface area contributed by atoms with Crippen molar-refractivity contribution in [2.45, 2.75) is 25.1 Å². The fourth-order valence-corrected chi connectivity index (χ4v) is 2.10. The van der Waals surface area contributed by atoms with E-state index in [-0.39, 0.29) is 29.2 Å². The lowest BCUT2D eigenvalue weighted by atomic mass is 10.2. The smallest absolute Gasteiger partial charge is 0.322 e. The summed E-state index contributed by atoms with van der Waals surface area (Å²) in [4.78, 5) is 11.9. The van der Waals surface area contributed by atoms with Gasteiger partial charge in [0.2, 0.25) is 11.2 Å². The highest BCUT2D eigenvalue weighted by molar-refractivity contribution is 7.99. The van der Waals surface area contributed by atoms with Crippen molar-refractivity contribution in [1.29, 1.82) is 0 Å².